The van der Waals surface area contributed by atoms with E-state index in [2.05, 4.69) is 4.98 Å². The summed E-state index contributed by atoms with van der Waals surface area (Å²) in [7, 11) is 0. The first-order valence-corrected chi connectivity index (χ1v) is 5.22. The standard InChI is InChI=1S/C13H14N2O/c1-9-4-6-12(7-5-9)13-8-14-10(2)11(3)15(13)16/h4-8H,1-3H3. The molecule has 0 saturated heterocycles. The van der Waals surface area contributed by atoms with Crippen LogP contribution in [-0.4, -0.2) is 4.98 Å². The summed E-state index contributed by atoms with van der Waals surface area (Å²) in [5, 5.41) is 12.0. The molecule has 2 rings (SSSR count). The van der Waals surface area contributed by atoms with Gasteiger partial charge < -0.3 is 5.21 Å². The van der Waals surface area contributed by atoms with Crippen molar-refractivity contribution in [1.29, 1.82) is 0 Å². The fourth-order valence-electron chi connectivity index (χ4n) is 1.55. The zero-order chi connectivity index (χ0) is 11.7. The predicted octanol–water partition coefficient (Wildman–Crippen LogP) is 2.31. The lowest BCUT2D eigenvalue weighted by atomic mass is 10.1. The van der Waals surface area contributed by atoms with Crippen LogP contribution in [-0.2, 0) is 0 Å². The van der Waals surface area contributed by atoms with Crippen molar-refractivity contribution in [2.24, 2.45) is 0 Å². The average Bonchev–Trinajstić information content (AvgIpc) is 2.28. The van der Waals surface area contributed by atoms with Crippen molar-refractivity contribution < 1.29 is 4.73 Å². The van der Waals surface area contributed by atoms with E-state index in [1.165, 1.54) is 5.56 Å². The number of benzene rings is 1. The van der Waals surface area contributed by atoms with Gasteiger partial charge in [0.05, 0.1) is 0 Å². The molecule has 0 spiro atoms. The lowest BCUT2D eigenvalue weighted by Crippen LogP contribution is -2.34. The van der Waals surface area contributed by atoms with Gasteiger partial charge >= 0.3 is 0 Å². The fourth-order valence-corrected chi connectivity index (χ4v) is 1.55. The van der Waals surface area contributed by atoms with Crippen LogP contribution in [0, 0.1) is 26.0 Å². The van der Waals surface area contributed by atoms with Gasteiger partial charge in [-0.3, -0.25) is 0 Å². The van der Waals surface area contributed by atoms with Crippen LogP contribution in [0.15, 0.2) is 30.5 Å². The summed E-state index contributed by atoms with van der Waals surface area (Å²) in [4.78, 5) is 4.22. The fraction of sp³-hybridized carbons (Fsp3) is 0.231. The highest BCUT2D eigenvalue weighted by atomic mass is 16.5. The van der Waals surface area contributed by atoms with E-state index >= 15 is 0 Å². The van der Waals surface area contributed by atoms with Gasteiger partial charge in [-0.2, -0.15) is 4.73 Å². The highest BCUT2D eigenvalue weighted by Gasteiger charge is 2.13. The Morgan fingerprint density at radius 1 is 1.06 bits per heavy atom. The Kier molecular flexibility index (Phi) is 2.60. The average molecular weight is 214 g/mol. The minimum absolute atomic E-state index is 0.600. The second kappa shape index (κ2) is 3.93. The van der Waals surface area contributed by atoms with Crippen molar-refractivity contribution in [3.05, 3.63) is 52.6 Å². The monoisotopic (exact) mass is 214 g/mol. The number of aromatic nitrogens is 2. The molecular weight excluding hydrogens is 200 g/mol. The van der Waals surface area contributed by atoms with Crippen LogP contribution in [0.25, 0.3) is 11.3 Å². The van der Waals surface area contributed by atoms with Crippen LogP contribution < -0.4 is 4.73 Å². The van der Waals surface area contributed by atoms with Crippen molar-refractivity contribution in [3.63, 3.8) is 0 Å². The van der Waals surface area contributed by atoms with Gasteiger partial charge in [0, 0.05) is 12.5 Å². The predicted molar refractivity (Wildman–Crippen MR) is 62.8 cm³/mol. The normalized spacial score (nSPS) is 10.4. The van der Waals surface area contributed by atoms with E-state index in [0.29, 0.717) is 11.4 Å². The molecule has 0 aliphatic rings. The van der Waals surface area contributed by atoms with Crippen LogP contribution >= 0.6 is 0 Å². The van der Waals surface area contributed by atoms with E-state index in [-0.39, 0.29) is 0 Å². The molecule has 0 amide bonds. The van der Waals surface area contributed by atoms with Crippen LogP contribution in [0.4, 0.5) is 0 Å². The number of nitrogens with zero attached hydrogens (tertiary/aromatic N) is 2. The molecule has 3 nitrogen and oxygen atoms in total. The lowest BCUT2D eigenvalue weighted by molar-refractivity contribution is -0.601. The summed E-state index contributed by atoms with van der Waals surface area (Å²) in [5.41, 5.74) is 4.10. The van der Waals surface area contributed by atoms with E-state index in [1.54, 1.807) is 13.1 Å². The van der Waals surface area contributed by atoms with Gasteiger partial charge in [-0.25, -0.2) is 4.98 Å². The van der Waals surface area contributed by atoms with Crippen LogP contribution in [0.3, 0.4) is 0 Å². The smallest absolute Gasteiger partial charge is 0.242 e. The molecule has 1 aromatic heterocycles. The number of aryl methyl sites for hydroxylation is 2. The maximum atomic E-state index is 12.0. The summed E-state index contributed by atoms with van der Waals surface area (Å²) in [6, 6.07) is 7.86. The second-order valence-corrected chi connectivity index (χ2v) is 3.97. The molecule has 0 radical (unpaired) electrons. The summed E-state index contributed by atoms with van der Waals surface area (Å²) in [5.74, 6) is 0. The zero-order valence-corrected chi connectivity index (χ0v) is 9.69. The molecule has 0 aliphatic carbocycles. The first-order chi connectivity index (χ1) is 7.59. The molecule has 1 aromatic carbocycles. The molecule has 0 aliphatic heterocycles. The number of hydrogen-bond donors (Lipinski definition) is 0. The number of hydrogen-bond acceptors (Lipinski definition) is 2. The van der Waals surface area contributed by atoms with E-state index in [9.17, 15) is 5.21 Å². The summed E-state index contributed by atoms with van der Waals surface area (Å²) >= 11 is 0. The summed E-state index contributed by atoms with van der Waals surface area (Å²) in [6.07, 6.45) is 1.62. The Hall–Kier alpha value is -1.90. The first-order valence-electron chi connectivity index (χ1n) is 5.22. The summed E-state index contributed by atoms with van der Waals surface area (Å²) < 4.78 is 0.938. The van der Waals surface area contributed by atoms with Gasteiger partial charge in [-0.05, 0) is 26.0 Å². The highest BCUT2D eigenvalue weighted by Crippen LogP contribution is 2.16. The topological polar surface area (TPSA) is 39.8 Å². The largest absolute Gasteiger partial charge is 0.618 e. The second-order valence-electron chi connectivity index (χ2n) is 3.97. The van der Waals surface area contributed by atoms with E-state index < -0.39 is 0 Å². The van der Waals surface area contributed by atoms with Crippen molar-refractivity contribution in [3.8, 4) is 11.3 Å². The molecule has 0 saturated carbocycles. The molecule has 1 heterocycles. The van der Waals surface area contributed by atoms with Gasteiger partial charge in [-0.1, -0.05) is 17.7 Å². The van der Waals surface area contributed by atoms with Gasteiger partial charge in [0.15, 0.2) is 0 Å². The van der Waals surface area contributed by atoms with E-state index in [4.69, 9.17) is 0 Å². The third-order valence-corrected chi connectivity index (χ3v) is 2.77. The minimum Gasteiger partial charge on any atom is -0.618 e. The SMILES string of the molecule is Cc1ccc(-c2cnc(C)c(C)[n+]2[O-])cc1. The maximum absolute atomic E-state index is 12.0. The van der Waals surface area contributed by atoms with Gasteiger partial charge in [0.25, 0.3) is 0 Å². The van der Waals surface area contributed by atoms with Crippen molar-refractivity contribution in [2.75, 3.05) is 0 Å². The zero-order valence-electron chi connectivity index (χ0n) is 9.69. The first kappa shape index (κ1) is 10.6. The Labute approximate surface area is 95.0 Å². The molecule has 0 atom stereocenters. The molecular formula is C13H14N2O. The van der Waals surface area contributed by atoms with Crippen LogP contribution in [0.5, 0.6) is 0 Å². The third-order valence-electron chi connectivity index (χ3n) is 2.77. The van der Waals surface area contributed by atoms with Crippen molar-refractivity contribution >= 4 is 0 Å². The molecule has 0 unspecified atom stereocenters. The Morgan fingerprint density at radius 3 is 2.31 bits per heavy atom. The van der Waals surface area contributed by atoms with Crippen molar-refractivity contribution in [1.82, 2.24) is 4.98 Å². The minimum atomic E-state index is 0.600. The summed E-state index contributed by atoms with van der Waals surface area (Å²) in [6.45, 7) is 5.64. The van der Waals surface area contributed by atoms with Gasteiger partial charge in [-0.15, -0.1) is 0 Å². The number of rotatable bonds is 1. The highest BCUT2D eigenvalue weighted by molar-refractivity contribution is 5.55. The van der Waals surface area contributed by atoms with Gasteiger partial charge in [0.1, 0.15) is 11.9 Å². The maximum Gasteiger partial charge on any atom is 0.242 e. The Balaban J connectivity index is 2.57. The molecule has 3 heteroatoms. The molecule has 0 N–H and O–H groups in total. The molecule has 0 fully saturated rings. The van der Waals surface area contributed by atoms with Crippen molar-refractivity contribution in [2.45, 2.75) is 20.8 Å². The molecule has 0 bridgehead atoms. The van der Waals surface area contributed by atoms with E-state index in [0.717, 1.165) is 16.0 Å². The molecule has 82 valence electrons. The van der Waals surface area contributed by atoms with E-state index in [1.807, 2.05) is 38.1 Å². The van der Waals surface area contributed by atoms with Crippen LogP contribution in [0.1, 0.15) is 17.0 Å². The quantitative estimate of drug-likeness (QED) is 0.540. The lowest BCUT2D eigenvalue weighted by Gasteiger charge is -2.08. The molecule has 16 heavy (non-hydrogen) atoms. The van der Waals surface area contributed by atoms with Gasteiger partial charge in [0.2, 0.25) is 11.4 Å². The molecule has 2 aromatic rings. The van der Waals surface area contributed by atoms with Crippen LogP contribution in [0.2, 0.25) is 0 Å². The Bertz CT molecular complexity index is 518. The Morgan fingerprint density at radius 2 is 1.69 bits per heavy atom. The third kappa shape index (κ3) is 1.76.